The summed E-state index contributed by atoms with van der Waals surface area (Å²) in [5, 5.41) is -1.46. The van der Waals surface area contributed by atoms with Crippen LogP contribution in [-0.2, 0) is 24.1 Å². The molecule has 31 heavy (non-hydrogen) atoms. The summed E-state index contributed by atoms with van der Waals surface area (Å²) in [5.74, 6) is -1.26. The Hall–Kier alpha value is -2.93. The van der Waals surface area contributed by atoms with E-state index in [-0.39, 0.29) is 17.1 Å². The molecule has 7 heteroatoms. The summed E-state index contributed by atoms with van der Waals surface area (Å²) in [5.41, 5.74) is 0.612. The van der Waals surface area contributed by atoms with Crippen molar-refractivity contribution in [2.24, 2.45) is 0 Å². The van der Waals surface area contributed by atoms with Crippen LogP contribution in [0.25, 0.3) is 4.91 Å². The lowest BCUT2D eigenvalue weighted by Gasteiger charge is -2.10. The summed E-state index contributed by atoms with van der Waals surface area (Å²) in [4.78, 5) is 25.1. The summed E-state index contributed by atoms with van der Waals surface area (Å²) < 4.78 is 37.0. The summed E-state index contributed by atoms with van der Waals surface area (Å²) in [6, 6.07) is 16.4. The monoisotopic (exact) mass is 442 g/mol. The minimum absolute atomic E-state index is 0.152. The fourth-order valence-electron chi connectivity index (χ4n) is 3.53. The molecule has 0 aromatic heterocycles. The average Bonchev–Trinajstić information content (AvgIpc) is 2.96. The Bertz CT molecular complexity index is 1040. The van der Waals surface area contributed by atoms with Crippen LogP contribution in [0.4, 0.5) is 4.79 Å². The van der Waals surface area contributed by atoms with E-state index in [1.54, 1.807) is 60.7 Å². The minimum atomic E-state index is -4.12. The van der Waals surface area contributed by atoms with Crippen molar-refractivity contribution < 1.29 is 27.5 Å². The van der Waals surface area contributed by atoms with E-state index in [0.29, 0.717) is 12.0 Å². The van der Waals surface area contributed by atoms with Crippen LogP contribution in [0.15, 0.2) is 66.4 Å². The maximum absolute atomic E-state index is 13.3. The molecule has 0 amide bonds. The molecule has 0 spiro atoms. The highest BCUT2D eigenvalue weighted by molar-refractivity contribution is 8.02. The molecule has 2 aromatic rings. The fourth-order valence-corrected chi connectivity index (χ4v) is 5.54. The van der Waals surface area contributed by atoms with E-state index in [2.05, 4.69) is 6.92 Å². The lowest BCUT2D eigenvalue weighted by Crippen LogP contribution is -2.17. The van der Waals surface area contributed by atoms with Crippen molar-refractivity contribution in [2.45, 2.75) is 44.3 Å². The van der Waals surface area contributed by atoms with Crippen LogP contribution in [0.1, 0.15) is 55.4 Å². The van der Waals surface area contributed by atoms with Gasteiger partial charge in [-0.15, -0.1) is 0 Å². The van der Waals surface area contributed by atoms with Crippen molar-refractivity contribution in [3.05, 3.63) is 77.5 Å². The molecular formula is C24H26O6S. The Morgan fingerprint density at radius 2 is 1.52 bits per heavy atom. The van der Waals surface area contributed by atoms with Crippen LogP contribution in [0.2, 0.25) is 0 Å². The summed E-state index contributed by atoms with van der Waals surface area (Å²) in [6.45, 7) is 2.26. The van der Waals surface area contributed by atoms with E-state index < -0.39 is 32.8 Å². The Morgan fingerprint density at radius 1 is 0.903 bits per heavy atom. The molecule has 3 rings (SSSR count). The number of ketones is 1. The van der Waals surface area contributed by atoms with Crippen LogP contribution >= 0.6 is 0 Å². The maximum Gasteiger partial charge on any atom is 0.514 e. The quantitative estimate of drug-likeness (QED) is 0.391. The van der Waals surface area contributed by atoms with Gasteiger partial charge < -0.3 is 9.47 Å². The standard InChI is InChI=1S/C24H26O6S/c1-2-3-4-5-12-17-29-24(26)30-21-20(25)22(18-13-8-6-9-14-18)31(27,28)23(21)19-15-10-7-11-16-19/h6-11,13-16,22H,2-5,12,17H2,1H3. The molecule has 6 nitrogen and oxygen atoms in total. The predicted octanol–water partition coefficient (Wildman–Crippen LogP) is 5.22. The Labute approximate surface area is 182 Å². The second kappa shape index (κ2) is 10.4. The summed E-state index contributed by atoms with van der Waals surface area (Å²) >= 11 is 0. The number of unbranched alkanes of at least 4 members (excludes halogenated alkanes) is 4. The number of carbonyl (C=O) groups excluding carboxylic acids is 2. The van der Waals surface area contributed by atoms with Crippen molar-refractivity contribution in [3.63, 3.8) is 0 Å². The molecule has 0 fully saturated rings. The van der Waals surface area contributed by atoms with Gasteiger partial charge >= 0.3 is 6.16 Å². The largest absolute Gasteiger partial charge is 0.514 e. The molecular weight excluding hydrogens is 416 g/mol. The topological polar surface area (TPSA) is 86.7 Å². The molecule has 1 aliphatic heterocycles. The third-order valence-corrected chi connectivity index (χ3v) is 7.15. The SMILES string of the molecule is CCCCCCCOC(=O)OC1=C(c2ccccc2)S(=O)(=O)C(c2ccccc2)C1=O. The molecule has 1 aliphatic rings. The van der Waals surface area contributed by atoms with Crippen LogP contribution in [-0.4, -0.2) is 27.0 Å². The Kier molecular flexibility index (Phi) is 7.63. The van der Waals surface area contributed by atoms with Crippen molar-refractivity contribution >= 4 is 26.7 Å². The summed E-state index contributed by atoms with van der Waals surface area (Å²) in [6.07, 6.45) is 3.80. The molecule has 164 valence electrons. The van der Waals surface area contributed by atoms with E-state index in [1.807, 2.05) is 0 Å². The first-order valence-corrected chi connectivity index (χ1v) is 12.0. The van der Waals surface area contributed by atoms with Gasteiger partial charge in [-0.3, -0.25) is 4.79 Å². The second-order valence-corrected chi connectivity index (χ2v) is 9.31. The smallest absolute Gasteiger partial charge is 0.434 e. The zero-order chi connectivity index (χ0) is 22.3. The lowest BCUT2D eigenvalue weighted by molar-refractivity contribution is -0.117. The minimum Gasteiger partial charge on any atom is -0.434 e. The number of Topliss-reactive ketones (excluding diaryl/α,β-unsaturated/α-hetero) is 1. The molecule has 1 unspecified atom stereocenters. The van der Waals surface area contributed by atoms with Crippen molar-refractivity contribution in [1.29, 1.82) is 0 Å². The van der Waals surface area contributed by atoms with Gasteiger partial charge in [0.1, 0.15) is 4.91 Å². The van der Waals surface area contributed by atoms with Crippen molar-refractivity contribution in [3.8, 4) is 0 Å². The maximum atomic E-state index is 13.3. The first-order chi connectivity index (χ1) is 15.0. The molecule has 0 radical (unpaired) electrons. The highest BCUT2D eigenvalue weighted by atomic mass is 32.2. The van der Waals surface area contributed by atoms with Crippen LogP contribution in [0.5, 0.6) is 0 Å². The van der Waals surface area contributed by atoms with Crippen molar-refractivity contribution in [2.75, 3.05) is 6.61 Å². The van der Waals surface area contributed by atoms with Gasteiger partial charge in [0, 0.05) is 0 Å². The lowest BCUT2D eigenvalue weighted by atomic mass is 10.1. The third kappa shape index (κ3) is 5.22. The van der Waals surface area contributed by atoms with Gasteiger partial charge in [-0.1, -0.05) is 93.3 Å². The average molecular weight is 443 g/mol. The highest BCUT2D eigenvalue weighted by Gasteiger charge is 2.50. The zero-order valence-corrected chi connectivity index (χ0v) is 18.3. The molecule has 1 heterocycles. The number of ether oxygens (including phenoxy) is 2. The van der Waals surface area contributed by atoms with E-state index in [9.17, 15) is 18.0 Å². The van der Waals surface area contributed by atoms with E-state index in [1.165, 1.54) is 0 Å². The number of hydrogen-bond acceptors (Lipinski definition) is 6. The fraction of sp³-hybridized carbons (Fsp3) is 0.333. The predicted molar refractivity (Wildman–Crippen MR) is 118 cm³/mol. The van der Waals surface area contributed by atoms with Crippen molar-refractivity contribution in [1.82, 2.24) is 0 Å². The van der Waals surface area contributed by atoms with Crippen LogP contribution in [0.3, 0.4) is 0 Å². The van der Waals surface area contributed by atoms with Gasteiger partial charge in [-0.05, 0) is 17.5 Å². The van der Waals surface area contributed by atoms with Gasteiger partial charge in [-0.2, -0.15) is 0 Å². The number of rotatable bonds is 9. The molecule has 0 aliphatic carbocycles. The highest BCUT2D eigenvalue weighted by Crippen LogP contribution is 2.44. The van der Waals surface area contributed by atoms with E-state index in [0.717, 1.165) is 25.7 Å². The first kappa shape index (κ1) is 22.7. The van der Waals surface area contributed by atoms with Gasteiger partial charge in [-0.25, -0.2) is 13.2 Å². The zero-order valence-electron chi connectivity index (χ0n) is 17.5. The molecule has 1 atom stereocenters. The van der Waals surface area contributed by atoms with Gasteiger partial charge in [0.25, 0.3) is 0 Å². The van der Waals surface area contributed by atoms with Gasteiger partial charge in [0.15, 0.2) is 20.8 Å². The van der Waals surface area contributed by atoms with E-state index >= 15 is 0 Å². The third-order valence-electron chi connectivity index (χ3n) is 5.05. The molecule has 0 saturated heterocycles. The Morgan fingerprint density at radius 3 is 2.16 bits per heavy atom. The number of allylic oxidation sites excluding steroid dienone is 1. The molecule has 2 aromatic carbocycles. The first-order valence-electron chi connectivity index (χ1n) is 10.4. The molecule has 0 N–H and O–H groups in total. The number of hydrogen-bond donors (Lipinski definition) is 0. The van der Waals surface area contributed by atoms with Gasteiger partial charge in [0.05, 0.1) is 6.61 Å². The summed E-state index contributed by atoms with van der Waals surface area (Å²) in [7, 11) is -4.12. The van der Waals surface area contributed by atoms with Crippen LogP contribution in [0, 0.1) is 0 Å². The Balaban J connectivity index is 1.85. The normalized spacial score (nSPS) is 17.6. The van der Waals surface area contributed by atoms with E-state index in [4.69, 9.17) is 9.47 Å². The van der Waals surface area contributed by atoms with Crippen LogP contribution < -0.4 is 0 Å². The number of carbonyl (C=O) groups is 2. The number of benzene rings is 2. The molecule has 0 saturated carbocycles. The molecule has 0 bridgehead atoms. The van der Waals surface area contributed by atoms with Gasteiger partial charge in [0.2, 0.25) is 5.78 Å². The second-order valence-electron chi connectivity index (χ2n) is 7.34. The number of sulfone groups is 1.